The van der Waals surface area contributed by atoms with Crippen molar-refractivity contribution in [2.45, 2.75) is 20.8 Å². The number of amides is 1. The van der Waals surface area contributed by atoms with Gasteiger partial charge in [-0.05, 0) is 56.2 Å². The lowest BCUT2D eigenvalue weighted by molar-refractivity contribution is -0.125. The molecule has 0 aliphatic rings. The van der Waals surface area contributed by atoms with Crippen molar-refractivity contribution in [3.05, 3.63) is 74.0 Å². The quantitative estimate of drug-likeness (QED) is 0.312. The summed E-state index contributed by atoms with van der Waals surface area (Å²) in [6, 6.07) is 12.0. The first kappa shape index (κ1) is 22.2. The molecule has 0 saturated carbocycles. The SMILES string of the molecule is C/C(=N/NC(=O)CO/N=C(\C)c1ccc(Br)cc1)c1c(O)ccc2c(C)cc(=O)oc12. The predicted octanol–water partition coefficient (Wildman–Crippen LogP) is 3.85. The summed E-state index contributed by atoms with van der Waals surface area (Å²) in [5.41, 5.74) is 4.67. The van der Waals surface area contributed by atoms with Crippen molar-refractivity contribution >= 4 is 44.2 Å². The molecule has 1 aromatic heterocycles. The molecule has 0 aliphatic carbocycles. The molecular weight excluding hydrogens is 466 g/mol. The summed E-state index contributed by atoms with van der Waals surface area (Å²) in [7, 11) is 0. The number of fused-ring (bicyclic) bond motifs is 1. The first-order valence-electron chi connectivity index (χ1n) is 9.28. The number of halogens is 1. The number of rotatable bonds is 6. The number of aryl methyl sites for hydroxylation is 1. The third-order valence-corrected chi connectivity index (χ3v) is 5.00. The minimum atomic E-state index is -0.541. The maximum absolute atomic E-state index is 12.0. The van der Waals surface area contributed by atoms with E-state index in [1.807, 2.05) is 24.3 Å². The number of hydrogen-bond acceptors (Lipinski definition) is 7. The van der Waals surface area contributed by atoms with Gasteiger partial charge in [0.2, 0.25) is 0 Å². The Bertz CT molecular complexity index is 1250. The highest BCUT2D eigenvalue weighted by molar-refractivity contribution is 9.10. The molecule has 1 amide bonds. The molecule has 31 heavy (non-hydrogen) atoms. The van der Waals surface area contributed by atoms with Gasteiger partial charge in [-0.2, -0.15) is 5.10 Å². The van der Waals surface area contributed by atoms with Crippen LogP contribution in [0.1, 0.15) is 30.5 Å². The molecule has 1 heterocycles. The highest BCUT2D eigenvalue weighted by Crippen LogP contribution is 2.28. The minimum Gasteiger partial charge on any atom is -0.507 e. The number of carbonyl (C=O) groups is 1. The van der Waals surface area contributed by atoms with Gasteiger partial charge in [0.05, 0.1) is 17.0 Å². The van der Waals surface area contributed by atoms with E-state index < -0.39 is 11.5 Å². The van der Waals surface area contributed by atoms with E-state index in [0.29, 0.717) is 16.7 Å². The van der Waals surface area contributed by atoms with Gasteiger partial charge in [-0.25, -0.2) is 10.2 Å². The van der Waals surface area contributed by atoms with Crippen LogP contribution in [0.4, 0.5) is 0 Å². The van der Waals surface area contributed by atoms with E-state index >= 15 is 0 Å². The van der Waals surface area contributed by atoms with E-state index in [1.165, 1.54) is 12.1 Å². The largest absolute Gasteiger partial charge is 0.507 e. The minimum absolute atomic E-state index is 0.122. The van der Waals surface area contributed by atoms with Crippen LogP contribution >= 0.6 is 15.9 Å². The van der Waals surface area contributed by atoms with Crippen molar-refractivity contribution in [2.24, 2.45) is 10.3 Å². The number of oxime groups is 1. The number of nitrogens with one attached hydrogen (secondary N) is 1. The number of nitrogens with zero attached hydrogens (tertiary/aromatic N) is 2. The highest BCUT2D eigenvalue weighted by atomic mass is 79.9. The van der Waals surface area contributed by atoms with Crippen LogP contribution < -0.4 is 11.1 Å². The van der Waals surface area contributed by atoms with Gasteiger partial charge in [0.15, 0.2) is 12.2 Å². The Hall–Kier alpha value is -3.46. The van der Waals surface area contributed by atoms with Crippen LogP contribution in [0.15, 0.2) is 66.4 Å². The van der Waals surface area contributed by atoms with Crippen LogP contribution in [0.25, 0.3) is 11.0 Å². The molecule has 160 valence electrons. The number of hydrogen-bond donors (Lipinski definition) is 2. The van der Waals surface area contributed by atoms with Crippen molar-refractivity contribution < 1.29 is 19.2 Å². The monoisotopic (exact) mass is 485 g/mol. The standard InChI is InChI=1S/C22H20BrN3O5/c1-12-10-20(29)31-22-17(12)8-9-18(27)21(22)14(3)24-25-19(28)11-30-26-13(2)15-4-6-16(23)7-5-15/h4-10,27H,11H2,1-3H3,(H,25,28)/b24-14-,26-13+. The predicted molar refractivity (Wildman–Crippen MR) is 122 cm³/mol. The molecule has 0 bridgehead atoms. The molecule has 0 saturated heterocycles. The normalized spacial score (nSPS) is 12.1. The molecule has 8 nitrogen and oxygen atoms in total. The zero-order chi connectivity index (χ0) is 22.5. The van der Waals surface area contributed by atoms with E-state index in [1.54, 1.807) is 26.8 Å². The fraction of sp³-hybridized carbons (Fsp3) is 0.182. The summed E-state index contributed by atoms with van der Waals surface area (Å²) in [5, 5.41) is 18.8. The molecule has 3 aromatic rings. The maximum Gasteiger partial charge on any atom is 0.336 e. The first-order chi connectivity index (χ1) is 14.8. The number of aromatic hydroxyl groups is 1. The van der Waals surface area contributed by atoms with Crippen LogP contribution in [0.5, 0.6) is 5.75 Å². The van der Waals surface area contributed by atoms with Crippen LogP contribution in [-0.4, -0.2) is 29.0 Å². The summed E-state index contributed by atoms with van der Waals surface area (Å²) in [5.74, 6) is -0.660. The van der Waals surface area contributed by atoms with Crippen LogP contribution in [-0.2, 0) is 9.63 Å². The lowest BCUT2D eigenvalue weighted by atomic mass is 10.0. The van der Waals surface area contributed by atoms with Crippen molar-refractivity contribution in [3.63, 3.8) is 0 Å². The van der Waals surface area contributed by atoms with Crippen LogP contribution in [0.3, 0.4) is 0 Å². The summed E-state index contributed by atoms with van der Waals surface area (Å²) in [6.45, 7) is 4.76. The van der Waals surface area contributed by atoms with Gasteiger partial charge in [-0.15, -0.1) is 0 Å². The maximum atomic E-state index is 12.0. The number of hydrazone groups is 1. The third-order valence-electron chi connectivity index (χ3n) is 4.47. The Kier molecular flexibility index (Phi) is 6.86. The molecule has 0 fully saturated rings. The second-order valence-electron chi connectivity index (χ2n) is 6.77. The molecule has 0 radical (unpaired) electrons. The highest BCUT2D eigenvalue weighted by Gasteiger charge is 2.15. The average molecular weight is 486 g/mol. The summed E-state index contributed by atoms with van der Waals surface area (Å²) in [4.78, 5) is 28.9. The topological polar surface area (TPSA) is 113 Å². The summed E-state index contributed by atoms with van der Waals surface area (Å²) in [6.07, 6.45) is 0. The Morgan fingerprint density at radius 1 is 1.16 bits per heavy atom. The first-order valence-corrected chi connectivity index (χ1v) is 10.1. The van der Waals surface area contributed by atoms with Crippen molar-refractivity contribution in [1.82, 2.24) is 5.43 Å². The summed E-state index contributed by atoms with van der Waals surface area (Å²) < 4.78 is 6.22. The summed E-state index contributed by atoms with van der Waals surface area (Å²) >= 11 is 3.36. The molecule has 2 N–H and O–H groups in total. The molecule has 9 heteroatoms. The molecule has 0 spiro atoms. The average Bonchev–Trinajstić information content (AvgIpc) is 2.72. The molecule has 0 atom stereocenters. The van der Waals surface area contributed by atoms with Gasteiger partial charge in [0, 0.05) is 15.9 Å². The van der Waals surface area contributed by atoms with Gasteiger partial charge >= 0.3 is 5.63 Å². The number of phenols is 1. The third kappa shape index (κ3) is 5.37. The second kappa shape index (κ2) is 9.57. The van der Waals surface area contributed by atoms with Gasteiger partial charge in [0.25, 0.3) is 5.91 Å². The molecule has 3 rings (SSSR count). The van der Waals surface area contributed by atoms with Gasteiger partial charge in [0.1, 0.15) is 5.75 Å². The van der Waals surface area contributed by atoms with E-state index in [-0.39, 0.29) is 29.2 Å². The molecule has 0 aliphatic heterocycles. The number of carbonyl (C=O) groups excluding carboxylic acids is 1. The van der Waals surface area contributed by atoms with Crippen LogP contribution in [0, 0.1) is 6.92 Å². The van der Waals surface area contributed by atoms with E-state index in [0.717, 1.165) is 10.0 Å². The van der Waals surface area contributed by atoms with Gasteiger partial charge in [-0.1, -0.05) is 33.2 Å². The van der Waals surface area contributed by atoms with E-state index in [2.05, 4.69) is 31.6 Å². The number of phenolic OH excluding ortho intramolecular Hbond substituents is 1. The smallest absolute Gasteiger partial charge is 0.336 e. The zero-order valence-electron chi connectivity index (χ0n) is 17.1. The van der Waals surface area contributed by atoms with E-state index in [9.17, 15) is 14.7 Å². The Labute approximate surface area is 186 Å². The molecular formula is C22H20BrN3O5. The van der Waals surface area contributed by atoms with Crippen molar-refractivity contribution in [2.75, 3.05) is 6.61 Å². The lowest BCUT2D eigenvalue weighted by Gasteiger charge is -2.09. The van der Waals surface area contributed by atoms with Crippen molar-refractivity contribution in [1.29, 1.82) is 0 Å². The fourth-order valence-corrected chi connectivity index (χ4v) is 3.15. The van der Waals surface area contributed by atoms with Gasteiger partial charge in [-0.3, -0.25) is 4.79 Å². The van der Waals surface area contributed by atoms with E-state index in [4.69, 9.17) is 9.25 Å². The van der Waals surface area contributed by atoms with Gasteiger partial charge < -0.3 is 14.4 Å². The number of benzene rings is 2. The van der Waals surface area contributed by atoms with Crippen molar-refractivity contribution in [3.8, 4) is 5.75 Å². The Morgan fingerprint density at radius 3 is 2.58 bits per heavy atom. The zero-order valence-corrected chi connectivity index (χ0v) is 18.7. The lowest BCUT2D eigenvalue weighted by Crippen LogP contribution is -2.23. The Morgan fingerprint density at radius 2 is 1.87 bits per heavy atom. The molecule has 0 unspecified atom stereocenters. The second-order valence-corrected chi connectivity index (χ2v) is 7.69. The van der Waals surface area contributed by atoms with Crippen LogP contribution in [0.2, 0.25) is 0 Å². The molecule has 2 aromatic carbocycles. The fourth-order valence-electron chi connectivity index (χ4n) is 2.89. The Balaban J connectivity index is 1.70.